The fourth-order valence-corrected chi connectivity index (χ4v) is 2.41. The van der Waals surface area contributed by atoms with E-state index in [2.05, 4.69) is 0 Å². The SMILES string of the molecule is Cc1ccc([N+](=O)[O-])cc1OCCCCCCS(N)(=O)=O. The topological polar surface area (TPSA) is 113 Å². The minimum absolute atomic E-state index is 0.00214. The lowest BCUT2D eigenvalue weighted by molar-refractivity contribution is -0.384. The van der Waals surface area contributed by atoms with Crippen molar-refractivity contribution in [3.8, 4) is 5.75 Å². The predicted octanol–water partition coefficient (Wildman–Crippen LogP) is 2.13. The van der Waals surface area contributed by atoms with Crippen molar-refractivity contribution in [2.24, 2.45) is 5.14 Å². The fourth-order valence-electron chi connectivity index (χ4n) is 1.80. The number of nitrogens with zero attached hydrogens (tertiary/aromatic N) is 1. The van der Waals surface area contributed by atoms with Gasteiger partial charge < -0.3 is 4.74 Å². The third kappa shape index (κ3) is 7.05. The summed E-state index contributed by atoms with van der Waals surface area (Å²) in [5, 5.41) is 15.6. The first-order chi connectivity index (χ1) is 9.79. The van der Waals surface area contributed by atoms with Gasteiger partial charge in [0.25, 0.3) is 5.69 Å². The number of sulfonamides is 1. The van der Waals surface area contributed by atoms with Crippen LogP contribution in [0.5, 0.6) is 5.75 Å². The molecule has 0 fully saturated rings. The number of nitrogens with two attached hydrogens (primary N) is 1. The van der Waals surface area contributed by atoms with Gasteiger partial charge in [-0.2, -0.15) is 0 Å². The van der Waals surface area contributed by atoms with Crippen LogP contribution in [0.3, 0.4) is 0 Å². The maximum Gasteiger partial charge on any atom is 0.273 e. The van der Waals surface area contributed by atoms with Gasteiger partial charge in [-0.25, -0.2) is 13.6 Å². The van der Waals surface area contributed by atoms with Crippen molar-refractivity contribution in [1.29, 1.82) is 0 Å². The number of nitro benzene ring substituents is 1. The van der Waals surface area contributed by atoms with Crippen LogP contribution in [-0.2, 0) is 10.0 Å². The van der Waals surface area contributed by atoms with Crippen LogP contribution in [0.1, 0.15) is 31.2 Å². The molecule has 0 heterocycles. The van der Waals surface area contributed by atoms with Gasteiger partial charge in [-0.15, -0.1) is 0 Å². The van der Waals surface area contributed by atoms with Crippen molar-refractivity contribution in [1.82, 2.24) is 0 Å². The molecule has 1 rings (SSSR count). The Balaban J connectivity index is 2.30. The van der Waals surface area contributed by atoms with E-state index in [1.807, 2.05) is 6.92 Å². The Kier molecular flexibility index (Phi) is 6.57. The highest BCUT2D eigenvalue weighted by Gasteiger charge is 2.09. The quantitative estimate of drug-likeness (QED) is 0.426. The van der Waals surface area contributed by atoms with Crippen LogP contribution in [0.2, 0.25) is 0 Å². The zero-order valence-electron chi connectivity index (χ0n) is 11.9. The van der Waals surface area contributed by atoms with Crippen LogP contribution in [0.15, 0.2) is 18.2 Å². The molecule has 0 aliphatic carbocycles. The third-order valence-electron chi connectivity index (χ3n) is 2.96. The number of nitro groups is 1. The second-order valence-corrected chi connectivity index (χ2v) is 6.57. The molecule has 0 aliphatic rings. The Morgan fingerprint density at radius 2 is 1.90 bits per heavy atom. The molecular weight excluding hydrogens is 296 g/mol. The minimum Gasteiger partial charge on any atom is -0.493 e. The lowest BCUT2D eigenvalue weighted by atomic mass is 10.2. The Labute approximate surface area is 124 Å². The van der Waals surface area contributed by atoms with E-state index in [-0.39, 0.29) is 11.4 Å². The van der Waals surface area contributed by atoms with Crippen LogP contribution in [0.25, 0.3) is 0 Å². The van der Waals surface area contributed by atoms with Crippen LogP contribution >= 0.6 is 0 Å². The van der Waals surface area contributed by atoms with Gasteiger partial charge in [-0.05, 0) is 31.4 Å². The van der Waals surface area contributed by atoms with E-state index < -0.39 is 14.9 Å². The minimum atomic E-state index is -3.37. The van der Waals surface area contributed by atoms with Gasteiger partial charge in [0.15, 0.2) is 0 Å². The highest BCUT2D eigenvalue weighted by atomic mass is 32.2. The molecule has 0 spiro atoms. The molecule has 0 unspecified atom stereocenters. The Hall–Kier alpha value is -1.67. The van der Waals surface area contributed by atoms with Gasteiger partial charge in [-0.3, -0.25) is 10.1 Å². The average Bonchev–Trinajstić information content (AvgIpc) is 2.38. The molecule has 0 aromatic heterocycles. The second-order valence-electron chi connectivity index (χ2n) is 4.84. The largest absolute Gasteiger partial charge is 0.493 e. The lowest BCUT2D eigenvalue weighted by Gasteiger charge is -2.08. The van der Waals surface area contributed by atoms with Gasteiger partial charge in [0, 0.05) is 6.07 Å². The molecule has 0 saturated heterocycles. The van der Waals surface area contributed by atoms with Crippen molar-refractivity contribution in [2.75, 3.05) is 12.4 Å². The average molecular weight is 316 g/mol. The molecule has 21 heavy (non-hydrogen) atoms. The predicted molar refractivity (Wildman–Crippen MR) is 79.8 cm³/mol. The summed E-state index contributed by atoms with van der Waals surface area (Å²) in [7, 11) is -3.37. The standard InChI is InChI=1S/C13H20N2O5S/c1-11-6-7-12(15(16)17)10-13(11)20-8-4-2-3-5-9-21(14,18)19/h6-7,10H,2-5,8-9H2,1H3,(H2,14,18,19). The van der Waals surface area contributed by atoms with E-state index in [0.717, 1.165) is 24.8 Å². The molecule has 0 amide bonds. The molecule has 0 bridgehead atoms. The van der Waals surface area contributed by atoms with Crippen molar-refractivity contribution >= 4 is 15.7 Å². The van der Waals surface area contributed by atoms with E-state index in [4.69, 9.17) is 9.88 Å². The van der Waals surface area contributed by atoms with Crippen molar-refractivity contribution in [3.05, 3.63) is 33.9 Å². The first-order valence-corrected chi connectivity index (χ1v) is 8.39. The van der Waals surface area contributed by atoms with E-state index in [9.17, 15) is 18.5 Å². The molecule has 1 aromatic carbocycles. The summed E-state index contributed by atoms with van der Waals surface area (Å²) < 4.78 is 27.0. The number of non-ortho nitro benzene ring substituents is 1. The van der Waals surface area contributed by atoms with Gasteiger partial charge in [0.05, 0.1) is 23.3 Å². The van der Waals surface area contributed by atoms with Crippen LogP contribution in [0.4, 0.5) is 5.69 Å². The van der Waals surface area contributed by atoms with Gasteiger partial charge in [0.1, 0.15) is 5.75 Å². The number of benzene rings is 1. The van der Waals surface area contributed by atoms with Crippen LogP contribution in [0, 0.1) is 17.0 Å². The van der Waals surface area contributed by atoms with Crippen molar-refractivity contribution in [3.63, 3.8) is 0 Å². The van der Waals surface area contributed by atoms with E-state index in [1.54, 1.807) is 6.07 Å². The fraction of sp³-hybridized carbons (Fsp3) is 0.538. The highest BCUT2D eigenvalue weighted by Crippen LogP contribution is 2.24. The summed E-state index contributed by atoms with van der Waals surface area (Å²) in [6.45, 7) is 2.27. The molecule has 2 N–H and O–H groups in total. The summed E-state index contributed by atoms with van der Waals surface area (Å²) in [6, 6.07) is 4.51. The Bertz CT molecular complexity index is 586. The number of hydrogen-bond acceptors (Lipinski definition) is 5. The molecule has 0 radical (unpaired) electrons. The number of ether oxygens (including phenoxy) is 1. The van der Waals surface area contributed by atoms with Gasteiger partial charge in [-0.1, -0.05) is 12.8 Å². The van der Waals surface area contributed by atoms with E-state index in [0.29, 0.717) is 18.8 Å². The molecule has 0 aliphatic heterocycles. The Morgan fingerprint density at radius 3 is 2.52 bits per heavy atom. The molecule has 0 saturated carbocycles. The first-order valence-electron chi connectivity index (χ1n) is 6.68. The second kappa shape index (κ2) is 7.94. The monoisotopic (exact) mass is 316 g/mol. The summed E-state index contributed by atoms with van der Waals surface area (Å²) in [5.74, 6) is 0.506. The maximum atomic E-state index is 10.7. The number of hydrogen-bond donors (Lipinski definition) is 1. The molecule has 8 heteroatoms. The van der Waals surface area contributed by atoms with Gasteiger partial charge in [0.2, 0.25) is 10.0 Å². The third-order valence-corrected chi connectivity index (χ3v) is 3.82. The first kappa shape index (κ1) is 17.4. The zero-order chi connectivity index (χ0) is 15.9. The zero-order valence-corrected chi connectivity index (χ0v) is 12.8. The molecule has 118 valence electrons. The van der Waals surface area contributed by atoms with E-state index in [1.165, 1.54) is 12.1 Å². The normalized spacial score (nSPS) is 11.3. The molecule has 7 nitrogen and oxygen atoms in total. The van der Waals surface area contributed by atoms with Crippen molar-refractivity contribution in [2.45, 2.75) is 32.6 Å². The number of primary sulfonamides is 1. The van der Waals surface area contributed by atoms with Crippen molar-refractivity contribution < 1.29 is 18.1 Å². The lowest BCUT2D eigenvalue weighted by Crippen LogP contribution is -2.16. The smallest absolute Gasteiger partial charge is 0.273 e. The number of aryl methyl sites for hydroxylation is 1. The van der Waals surface area contributed by atoms with Crippen LogP contribution < -0.4 is 9.88 Å². The van der Waals surface area contributed by atoms with E-state index >= 15 is 0 Å². The molecule has 1 aromatic rings. The highest BCUT2D eigenvalue weighted by molar-refractivity contribution is 7.89. The molecule has 0 atom stereocenters. The maximum absolute atomic E-state index is 10.7. The summed E-state index contributed by atoms with van der Waals surface area (Å²) >= 11 is 0. The molecular formula is C13H20N2O5S. The summed E-state index contributed by atoms with van der Waals surface area (Å²) in [4.78, 5) is 10.2. The summed E-state index contributed by atoms with van der Waals surface area (Å²) in [6.07, 6.45) is 2.87. The van der Waals surface area contributed by atoms with Crippen LogP contribution in [-0.4, -0.2) is 25.7 Å². The Morgan fingerprint density at radius 1 is 1.24 bits per heavy atom. The summed E-state index contributed by atoms with van der Waals surface area (Å²) in [5.41, 5.74) is 0.846. The number of rotatable bonds is 9. The number of unbranched alkanes of at least 4 members (excludes halogenated alkanes) is 3. The van der Waals surface area contributed by atoms with Gasteiger partial charge >= 0.3 is 0 Å².